The number of benzene rings is 1. The molecule has 0 aliphatic heterocycles. The fraction of sp³-hybridized carbons (Fsp3) is 0.462. The Morgan fingerprint density at radius 2 is 2.18 bits per heavy atom. The number of unbranched alkanes of at least 4 members (excludes halogenated alkanes) is 1. The molecule has 94 valence electrons. The van der Waals surface area contributed by atoms with Gasteiger partial charge in [-0.25, -0.2) is 4.79 Å². The van der Waals surface area contributed by atoms with Crippen LogP contribution in [0, 0.1) is 6.92 Å². The molecule has 0 spiro atoms. The number of carboxylic acids is 1. The summed E-state index contributed by atoms with van der Waals surface area (Å²) in [6.07, 6.45) is 4.40. The van der Waals surface area contributed by atoms with Gasteiger partial charge in [-0.3, -0.25) is 0 Å². The first-order valence-corrected chi connectivity index (χ1v) is 7.11. The van der Waals surface area contributed by atoms with E-state index in [-0.39, 0.29) is 0 Å². The first kappa shape index (κ1) is 13.9. The Kier molecular flexibility index (Phi) is 5.91. The summed E-state index contributed by atoms with van der Waals surface area (Å²) in [4.78, 5) is 10.8. The van der Waals surface area contributed by atoms with E-state index < -0.39 is 5.97 Å². The average molecular weight is 253 g/mol. The summed E-state index contributed by atoms with van der Waals surface area (Å²) in [6.45, 7) is 2.88. The zero-order valence-corrected chi connectivity index (χ0v) is 11.1. The third kappa shape index (κ3) is 4.69. The van der Waals surface area contributed by atoms with Crippen molar-refractivity contribution >= 4 is 23.4 Å². The van der Waals surface area contributed by atoms with Crippen molar-refractivity contribution in [1.82, 2.24) is 0 Å². The highest BCUT2D eigenvalue weighted by molar-refractivity contribution is 7.98. The van der Waals surface area contributed by atoms with Gasteiger partial charge in [-0.2, -0.15) is 11.8 Å². The zero-order chi connectivity index (χ0) is 12.7. The van der Waals surface area contributed by atoms with E-state index in [2.05, 4.69) is 11.6 Å². The standard InChI is InChI=1S/C13H19NO2S/c1-10-5-6-11(13(15)16)9-12(10)14-7-3-4-8-17-2/h5-6,9,14H,3-4,7-8H2,1-2H3,(H,15,16). The molecule has 1 rings (SSSR count). The highest BCUT2D eigenvalue weighted by atomic mass is 32.2. The van der Waals surface area contributed by atoms with E-state index in [1.54, 1.807) is 12.1 Å². The van der Waals surface area contributed by atoms with Gasteiger partial charge in [-0.1, -0.05) is 6.07 Å². The number of carbonyl (C=O) groups is 1. The third-order valence-electron chi connectivity index (χ3n) is 2.58. The number of aromatic carboxylic acids is 1. The number of hydrogen-bond donors (Lipinski definition) is 2. The maximum atomic E-state index is 10.8. The average Bonchev–Trinajstić information content (AvgIpc) is 2.30. The number of hydrogen-bond acceptors (Lipinski definition) is 3. The molecule has 0 amide bonds. The lowest BCUT2D eigenvalue weighted by Gasteiger charge is -2.10. The van der Waals surface area contributed by atoms with Gasteiger partial charge in [0.15, 0.2) is 0 Å². The topological polar surface area (TPSA) is 49.3 Å². The molecule has 0 atom stereocenters. The quantitative estimate of drug-likeness (QED) is 0.732. The molecule has 0 aliphatic rings. The highest BCUT2D eigenvalue weighted by Crippen LogP contribution is 2.17. The summed E-state index contributed by atoms with van der Waals surface area (Å²) in [5.41, 5.74) is 2.34. The number of anilines is 1. The van der Waals surface area contributed by atoms with Gasteiger partial charge < -0.3 is 10.4 Å². The van der Waals surface area contributed by atoms with E-state index in [0.29, 0.717) is 5.56 Å². The van der Waals surface area contributed by atoms with Crippen molar-refractivity contribution in [3.05, 3.63) is 29.3 Å². The molecule has 4 heteroatoms. The molecular formula is C13H19NO2S. The van der Waals surface area contributed by atoms with Crippen LogP contribution in [-0.2, 0) is 0 Å². The third-order valence-corrected chi connectivity index (χ3v) is 3.27. The molecule has 1 aromatic carbocycles. The van der Waals surface area contributed by atoms with Crippen LogP contribution in [0.25, 0.3) is 0 Å². The van der Waals surface area contributed by atoms with Crippen LogP contribution >= 0.6 is 11.8 Å². The van der Waals surface area contributed by atoms with E-state index in [9.17, 15) is 4.79 Å². The lowest BCUT2D eigenvalue weighted by molar-refractivity contribution is 0.0697. The molecule has 3 nitrogen and oxygen atoms in total. The second-order valence-corrected chi connectivity index (χ2v) is 4.95. The summed E-state index contributed by atoms with van der Waals surface area (Å²) in [5, 5.41) is 12.2. The summed E-state index contributed by atoms with van der Waals surface area (Å²) < 4.78 is 0. The molecule has 0 unspecified atom stereocenters. The minimum Gasteiger partial charge on any atom is -0.478 e. The minimum atomic E-state index is -0.879. The molecule has 0 aliphatic carbocycles. The first-order valence-electron chi connectivity index (χ1n) is 5.72. The maximum Gasteiger partial charge on any atom is 0.335 e. The van der Waals surface area contributed by atoms with Crippen molar-refractivity contribution in [3.8, 4) is 0 Å². The summed E-state index contributed by atoms with van der Waals surface area (Å²) in [6, 6.07) is 5.18. The maximum absolute atomic E-state index is 10.8. The van der Waals surface area contributed by atoms with Gasteiger partial charge in [0.05, 0.1) is 5.56 Å². The Bertz CT molecular complexity index is 380. The molecule has 17 heavy (non-hydrogen) atoms. The van der Waals surface area contributed by atoms with E-state index in [0.717, 1.165) is 24.2 Å². The molecule has 1 aromatic rings. The fourth-order valence-corrected chi connectivity index (χ4v) is 2.03. The molecule has 0 saturated carbocycles. The Labute approximate surface area is 107 Å². The van der Waals surface area contributed by atoms with Crippen LogP contribution in [0.15, 0.2) is 18.2 Å². The monoisotopic (exact) mass is 253 g/mol. The Morgan fingerprint density at radius 1 is 1.41 bits per heavy atom. The zero-order valence-electron chi connectivity index (χ0n) is 10.3. The Hall–Kier alpha value is -1.16. The number of rotatable bonds is 7. The van der Waals surface area contributed by atoms with Crippen LogP contribution < -0.4 is 5.32 Å². The number of nitrogens with one attached hydrogen (secondary N) is 1. The normalized spacial score (nSPS) is 10.2. The van der Waals surface area contributed by atoms with Gasteiger partial charge in [0.2, 0.25) is 0 Å². The number of carboxylic acid groups (broad SMARTS) is 1. The van der Waals surface area contributed by atoms with Crippen molar-refractivity contribution in [2.45, 2.75) is 19.8 Å². The van der Waals surface area contributed by atoms with Crippen molar-refractivity contribution < 1.29 is 9.90 Å². The van der Waals surface area contributed by atoms with Crippen LogP contribution in [-0.4, -0.2) is 29.6 Å². The minimum absolute atomic E-state index is 0.335. The second-order valence-electron chi connectivity index (χ2n) is 3.96. The van der Waals surface area contributed by atoms with E-state index in [1.165, 1.54) is 12.2 Å². The predicted octanol–water partition coefficient (Wildman–Crippen LogP) is 3.25. The van der Waals surface area contributed by atoms with E-state index in [1.807, 2.05) is 24.8 Å². The largest absolute Gasteiger partial charge is 0.478 e. The summed E-state index contributed by atoms with van der Waals surface area (Å²) in [7, 11) is 0. The van der Waals surface area contributed by atoms with Gasteiger partial charge in [-0.05, 0) is 49.5 Å². The molecule has 2 N–H and O–H groups in total. The highest BCUT2D eigenvalue weighted by Gasteiger charge is 2.05. The van der Waals surface area contributed by atoms with Crippen LogP contribution in [0.3, 0.4) is 0 Å². The van der Waals surface area contributed by atoms with E-state index in [4.69, 9.17) is 5.11 Å². The summed E-state index contributed by atoms with van der Waals surface area (Å²) >= 11 is 1.85. The fourth-order valence-electron chi connectivity index (χ4n) is 1.54. The second kappa shape index (κ2) is 7.22. The lowest BCUT2D eigenvalue weighted by Crippen LogP contribution is -2.05. The first-order chi connectivity index (χ1) is 8.15. The van der Waals surface area contributed by atoms with Gasteiger partial charge in [0.25, 0.3) is 0 Å². The molecular weight excluding hydrogens is 234 g/mol. The van der Waals surface area contributed by atoms with Gasteiger partial charge >= 0.3 is 5.97 Å². The van der Waals surface area contributed by atoms with Crippen molar-refractivity contribution in [1.29, 1.82) is 0 Å². The van der Waals surface area contributed by atoms with Gasteiger partial charge in [0, 0.05) is 12.2 Å². The van der Waals surface area contributed by atoms with Crippen LogP contribution in [0.5, 0.6) is 0 Å². The van der Waals surface area contributed by atoms with Crippen molar-refractivity contribution in [3.63, 3.8) is 0 Å². The van der Waals surface area contributed by atoms with Crippen LogP contribution in [0.4, 0.5) is 5.69 Å². The number of thioether (sulfide) groups is 1. The Morgan fingerprint density at radius 3 is 2.82 bits per heavy atom. The molecule has 0 aromatic heterocycles. The molecule has 0 radical (unpaired) electrons. The van der Waals surface area contributed by atoms with Gasteiger partial charge in [-0.15, -0.1) is 0 Å². The van der Waals surface area contributed by atoms with Crippen LogP contribution in [0.1, 0.15) is 28.8 Å². The lowest BCUT2D eigenvalue weighted by atomic mass is 10.1. The Balaban J connectivity index is 2.51. The molecule has 0 heterocycles. The summed E-state index contributed by atoms with van der Waals surface area (Å²) in [5.74, 6) is 0.297. The molecule has 0 fully saturated rings. The predicted molar refractivity (Wildman–Crippen MR) is 74.2 cm³/mol. The van der Waals surface area contributed by atoms with E-state index >= 15 is 0 Å². The van der Waals surface area contributed by atoms with Crippen LogP contribution in [0.2, 0.25) is 0 Å². The number of aryl methyl sites for hydroxylation is 1. The van der Waals surface area contributed by atoms with Gasteiger partial charge in [0.1, 0.15) is 0 Å². The molecule has 0 saturated heterocycles. The van der Waals surface area contributed by atoms with Crippen molar-refractivity contribution in [2.75, 3.05) is 23.9 Å². The molecule has 0 bridgehead atoms. The smallest absolute Gasteiger partial charge is 0.335 e. The SMILES string of the molecule is CSCCCCNc1cc(C(=O)O)ccc1C. The van der Waals surface area contributed by atoms with Crippen molar-refractivity contribution in [2.24, 2.45) is 0 Å².